The van der Waals surface area contributed by atoms with Gasteiger partial charge in [0.2, 0.25) is 5.78 Å². The highest BCUT2D eigenvalue weighted by Gasteiger charge is 2.30. The number of carbonyl (C=O) groups is 1. The highest BCUT2D eigenvalue weighted by atomic mass is 16.1. The van der Waals surface area contributed by atoms with Gasteiger partial charge in [-0.1, -0.05) is 48.5 Å². The van der Waals surface area contributed by atoms with Crippen molar-refractivity contribution in [3.63, 3.8) is 0 Å². The Morgan fingerprint density at radius 3 is 2.43 bits per heavy atom. The molecule has 4 aromatic rings. The number of imidazole rings is 1. The van der Waals surface area contributed by atoms with Gasteiger partial charge in [-0.25, -0.2) is 4.98 Å². The van der Waals surface area contributed by atoms with Crippen LogP contribution in [-0.4, -0.2) is 15.3 Å². The zero-order valence-electron chi connectivity index (χ0n) is 12.2. The molecule has 0 fully saturated rings. The molecule has 0 bridgehead atoms. The quantitative estimate of drug-likeness (QED) is 0.464. The normalized spacial score (nSPS) is 12.4. The zero-order chi connectivity index (χ0) is 15.4. The maximum absolute atomic E-state index is 12.6. The highest BCUT2D eigenvalue weighted by Crippen LogP contribution is 2.34. The summed E-state index contributed by atoms with van der Waals surface area (Å²) in [6, 6.07) is 24.0. The number of carbonyl (C=O) groups excluding carboxylic acids is 1. The van der Waals surface area contributed by atoms with Crippen LogP contribution in [0, 0.1) is 0 Å². The fourth-order valence-corrected chi connectivity index (χ4v) is 3.26. The standard InChI is InChI=1S/C20H12N2O/c23-19-15-11-10-14(13-6-2-1-3-7-13)12-18(15)22-17-9-5-4-8-16(17)21-20(19)22/h1-12H. The molecule has 0 N–H and O–H groups in total. The lowest BCUT2D eigenvalue weighted by atomic mass is 10.0. The molecule has 2 heterocycles. The lowest BCUT2D eigenvalue weighted by Crippen LogP contribution is -1.97. The lowest BCUT2D eigenvalue weighted by Gasteiger charge is -2.07. The van der Waals surface area contributed by atoms with E-state index in [-0.39, 0.29) is 5.78 Å². The van der Waals surface area contributed by atoms with E-state index < -0.39 is 0 Å². The van der Waals surface area contributed by atoms with Crippen molar-refractivity contribution in [2.75, 3.05) is 0 Å². The molecule has 0 aliphatic carbocycles. The van der Waals surface area contributed by atoms with E-state index in [1.54, 1.807) is 0 Å². The maximum Gasteiger partial charge on any atom is 0.230 e. The van der Waals surface area contributed by atoms with Gasteiger partial charge in [-0.3, -0.25) is 9.36 Å². The van der Waals surface area contributed by atoms with Gasteiger partial charge in [0.1, 0.15) is 0 Å². The first-order valence-corrected chi connectivity index (χ1v) is 7.55. The van der Waals surface area contributed by atoms with Crippen molar-refractivity contribution >= 4 is 16.8 Å². The van der Waals surface area contributed by atoms with Crippen molar-refractivity contribution in [3.05, 3.63) is 84.2 Å². The number of aromatic nitrogens is 2. The van der Waals surface area contributed by atoms with Gasteiger partial charge < -0.3 is 0 Å². The van der Waals surface area contributed by atoms with Crippen molar-refractivity contribution in [2.45, 2.75) is 0 Å². The first kappa shape index (κ1) is 12.4. The van der Waals surface area contributed by atoms with Gasteiger partial charge in [0.25, 0.3) is 0 Å². The molecule has 0 saturated carbocycles. The van der Waals surface area contributed by atoms with Crippen molar-refractivity contribution in [3.8, 4) is 16.8 Å². The molecule has 1 aliphatic heterocycles. The molecule has 23 heavy (non-hydrogen) atoms. The summed E-state index contributed by atoms with van der Waals surface area (Å²) in [6.07, 6.45) is 0. The predicted molar refractivity (Wildman–Crippen MR) is 89.9 cm³/mol. The van der Waals surface area contributed by atoms with Crippen molar-refractivity contribution in [2.24, 2.45) is 0 Å². The molecule has 0 spiro atoms. The lowest BCUT2D eigenvalue weighted by molar-refractivity contribution is 0.103. The van der Waals surface area contributed by atoms with Crippen LogP contribution in [-0.2, 0) is 0 Å². The highest BCUT2D eigenvalue weighted by molar-refractivity contribution is 6.15. The van der Waals surface area contributed by atoms with E-state index in [1.165, 1.54) is 0 Å². The molecule has 0 atom stereocenters. The molecule has 5 rings (SSSR count). The molecule has 1 aliphatic rings. The first-order chi connectivity index (χ1) is 11.3. The van der Waals surface area contributed by atoms with Crippen molar-refractivity contribution in [1.29, 1.82) is 0 Å². The van der Waals surface area contributed by atoms with Crippen LogP contribution >= 0.6 is 0 Å². The smallest absolute Gasteiger partial charge is 0.230 e. The minimum Gasteiger partial charge on any atom is -0.289 e. The Morgan fingerprint density at radius 2 is 1.57 bits per heavy atom. The minimum atomic E-state index is -0.00388. The summed E-state index contributed by atoms with van der Waals surface area (Å²) in [6.45, 7) is 0. The van der Waals surface area contributed by atoms with Gasteiger partial charge in [0, 0.05) is 0 Å². The Hall–Kier alpha value is -3.20. The number of fused-ring (bicyclic) bond motifs is 5. The predicted octanol–water partition coefficient (Wildman–Crippen LogP) is 4.24. The van der Waals surface area contributed by atoms with Gasteiger partial charge in [0.15, 0.2) is 5.82 Å². The van der Waals surface area contributed by atoms with Crippen LogP contribution in [0.2, 0.25) is 0 Å². The van der Waals surface area contributed by atoms with Crippen molar-refractivity contribution < 1.29 is 4.79 Å². The summed E-state index contributed by atoms with van der Waals surface area (Å²) >= 11 is 0. The van der Waals surface area contributed by atoms with E-state index in [9.17, 15) is 4.79 Å². The van der Waals surface area contributed by atoms with E-state index in [0.717, 1.165) is 33.4 Å². The van der Waals surface area contributed by atoms with E-state index in [2.05, 4.69) is 23.2 Å². The molecule has 0 unspecified atom stereocenters. The van der Waals surface area contributed by atoms with Gasteiger partial charge in [-0.2, -0.15) is 0 Å². The third-order valence-electron chi connectivity index (χ3n) is 4.35. The van der Waals surface area contributed by atoms with Crippen LogP contribution in [0.5, 0.6) is 0 Å². The molecular formula is C20H12N2O. The second kappa shape index (κ2) is 4.40. The molecule has 108 valence electrons. The Labute approximate surface area is 132 Å². The molecule has 3 nitrogen and oxygen atoms in total. The number of para-hydroxylation sites is 2. The summed E-state index contributed by atoms with van der Waals surface area (Å²) in [5.41, 5.74) is 5.70. The monoisotopic (exact) mass is 296 g/mol. The molecule has 0 saturated heterocycles. The molecular weight excluding hydrogens is 284 g/mol. The largest absolute Gasteiger partial charge is 0.289 e. The average Bonchev–Trinajstić information content (AvgIpc) is 3.12. The number of rotatable bonds is 1. The van der Waals surface area contributed by atoms with Crippen LogP contribution in [0.3, 0.4) is 0 Å². The van der Waals surface area contributed by atoms with Crippen LogP contribution in [0.15, 0.2) is 72.8 Å². The zero-order valence-corrected chi connectivity index (χ0v) is 12.2. The maximum atomic E-state index is 12.6. The SMILES string of the molecule is O=C1c2ccc(-c3ccccc3)cc2-n2c1nc1ccccc12. The topological polar surface area (TPSA) is 34.9 Å². The van der Waals surface area contributed by atoms with E-state index in [4.69, 9.17) is 0 Å². The number of hydrogen-bond acceptors (Lipinski definition) is 2. The van der Waals surface area contributed by atoms with E-state index in [1.807, 2.05) is 59.2 Å². The number of benzene rings is 3. The number of nitrogens with zero attached hydrogens (tertiary/aromatic N) is 2. The van der Waals surface area contributed by atoms with Crippen LogP contribution < -0.4 is 0 Å². The number of ketones is 1. The van der Waals surface area contributed by atoms with Gasteiger partial charge >= 0.3 is 0 Å². The fraction of sp³-hybridized carbons (Fsp3) is 0. The Morgan fingerprint density at radius 1 is 0.783 bits per heavy atom. The Kier molecular flexibility index (Phi) is 2.36. The first-order valence-electron chi connectivity index (χ1n) is 7.55. The van der Waals surface area contributed by atoms with Crippen LogP contribution in [0.4, 0.5) is 0 Å². The third kappa shape index (κ3) is 1.64. The van der Waals surface area contributed by atoms with E-state index in [0.29, 0.717) is 5.82 Å². The van der Waals surface area contributed by atoms with Crippen LogP contribution in [0.1, 0.15) is 16.2 Å². The summed E-state index contributed by atoms with van der Waals surface area (Å²) in [5, 5.41) is 0. The van der Waals surface area contributed by atoms with Crippen LogP contribution in [0.25, 0.3) is 27.8 Å². The molecule has 0 amide bonds. The minimum absolute atomic E-state index is 0.00388. The van der Waals surface area contributed by atoms with Crippen molar-refractivity contribution in [1.82, 2.24) is 9.55 Å². The summed E-state index contributed by atoms with van der Waals surface area (Å²) in [4.78, 5) is 17.1. The third-order valence-corrected chi connectivity index (χ3v) is 4.35. The van der Waals surface area contributed by atoms with E-state index >= 15 is 0 Å². The molecule has 0 radical (unpaired) electrons. The number of hydrogen-bond donors (Lipinski definition) is 0. The van der Waals surface area contributed by atoms with Gasteiger partial charge in [-0.15, -0.1) is 0 Å². The fourth-order valence-electron chi connectivity index (χ4n) is 3.26. The van der Waals surface area contributed by atoms with Gasteiger partial charge in [-0.05, 0) is 35.4 Å². The average molecular weight is 296 g/mol. The molecule has 3 heteroatoms. The Bertz CT molecular complexity index is 1080. The van der Waals surface area contributed by atoms with Gasteiger partial charge in [0.05, 0.1) is 22.3 Å². The second-order valence-electron chi connectivity index (χ2n) is 5.69. The second-order valence-corrected chi connectivity index (χ2v) is 5.69. The summed E-state index contributed by atoms with van der Waals surface area (Å²) in [7, 11) is 0. The summed E-state index contributed by atoms with van der Waals surface area (Å²) < 4.78 is 1.97. The Balaban J connectivity index is 1.81. The molecule has 3 aromatic carbocycles. The summed E-state index contributed by atoms with van der Waals surface area (Å²) in [5.74, 6) is 0.502. The molecule has 1 aromatic heterocycles.